The number of ether oxygens (including phenoxy) is 1. The Kier molecular flexibility index (Phi) is 6.00. The zero-order chi connectivity index (χ0) is 18.2. The van der Waals surface area contributed by atoms with Gasteiger partial charge >= 0.3 is 5.97 Å². The summed E-state index contributed by atoms with van der Waals surface area (Å²) >= 11 is 0. The summed E-state index contributed by atoms with van der Waals surface area (Å²) in [7, 11) is 1.31. The molecule has 0 aliphatic rings. The topological polar surface area (TPSA) is 98.5 Å². The van der Waals surface area contributed by atoms with E-state index >= 15 is 0 Å². The number of benzene rings is 2. The number of rotatable bonds is 6. The van der Waals surface area contributed by atoms with Gasteiger partial charge in [0.25, 0.3) is 5.69 Å². The van der Waals surface area contributed by atoms with Crippen LogP contribution in [0, 0.1) is 10.1 Å². The van der Waals surface area contributed by atoms with Crippen LogP contribution < -0.4 is 5.32 Å². The van der Waals surface area contributed by atoms with E-state index in [-0.39, 0.29) is 18.1 Å². The minimum Gasteiger partial charge on any atom is -0.465 e. The van der Waals surface area contributed by atoms with E-state index in [1.54, 1.807) is 42.5 Å². The fraction of sp³-hybridized carbons (Fsp3) is 0.111. The van der Waals surface area contributed by atoms with Gasteiger partial charge in [-0.1, -0.05) is 24.3 Å². The second-order valence-corrected chi connectivity index (χ2v) is 5.06. The van der Waals surface area contributed by atoms with Gasteiger partial charge in [-0.3, -0.25) is 14.9 Å². The third-order valence-corrected chi connectivity index (χ3v) is 3.39. The Morgan fingerprint density at radius 2 is 1.84 bits per heavy atom. The first kappa shape index (κ1) is 17.9. The monoisotopic (exact) mass is 340 g/mol. The van der Waals surface area contributed by atoms with Crippen LogP contribution in [0.3, 0.4) is 0 Å². The summed E-state index contributed by atoms with van der Waals surface area (Å²) in [5.41, 5.74) is 1.52. The number of esters is 1. The number of methoxy groups -OCH3 is 1. The molecule has 1 amide bonds. The first-order valence-electron chi connectivity index (χ1n) is 7.38. The van der Waals surface area contributed by atoms with Gasteiger partial charge in [-0.2, -0.15) is 0 Å². The molecule has 0 aliphatic carbocycles. The Labute approximate surface area is 144 Å². The minimum atomic E-state index is -0.500. The fourth-order valence-corrected chi connectivity index (χ4v) is 2.08. The molecule has 0 unspecified atom stereocenters. The van der Waals surface area contributed by atoms with Gasteiger partial charge in [-0.25, -0.2) is 4.79 Å². The Bertz CT molecular complexity index is 812. The average molecular weight is 340 g/mol. The van der Waals surface area contributed by atoms with Crippen molar-refractivity contribution in [2.45, 2.75) is 6.54 Å². The summed E-state index contributed by atoms with van der Waals surface area (Å²) in [6.07, 6.45) is 2.64. The lowest BCUT2D eigenvalue weighted by Gasteiger charge is -2.04. The molecular weight excluding hydrogens is 324 g/mol. The van der Waals surface area contributed by atoms with Gasteiger partial charge in [-0.05, 0) is 29.8 Å². The molecule has 0 aromatic heterocycles. The number of hydrogen-bond acceptors (Lipinski definition) is 5. The molecular formula is C18H16N2O5. The van der Waals surface area contributed by atoms with Crippen LogP contribution in [0.2, 0.25) is 0 Å². The smallest absolute Gasteiger partial charge is 0.337 e. The van der Waals surface area contributed by atoms with Crippen molar-refractivity contribution >= 4 is 23.6 Å². The van der Waals surface area contributed by atoms with Crippen LogP contribution in [0.25, 0.3) is 6.08 Å². The summed E-state index contributed by atoms with van der Waals surface area (Å²) in [6.45, 7) is 0.265. The SMILES string of the molecule is COC(=O)c1ccc(CNC(=O)/C=C/c2ccccc2[N+](=O)[O-])cc1. The van der Waals surface area contributed by atoms with Crippen molar-refractivity contribution < 1.29 is 19.2 Å². The molecule has 0 spiro atoms. The highest BCUT2D eigenvalue weighted by Gasteiger charge is 2.09. The highest BCUT2D eigenvalue weighted by molar-refractivity contribution is 5.92. The molecule has 1 N–H and O–H groups in total. The molecule has 0 atom stereocenters. The number of hydrogen-bond donors (Lipinski definition) is 1. The van der Waals surface area contributed by atoms with E-state index in [0.717, 1.165) is 5.56 Å². The Morgan fingerprint density at radius 3 is 2.48 bits per heavy atom. The lowest BCUT2D eigenvalue weighted by atomic mass is 10.1. The van der Waals surface area contributed by atoms with Crippen molar-refractivity contribution in [3.8, 4) is 0 Å². The van der Waals surface area contributed by atoms with E-state index in [0.29, 0.717) is 11.1 Å². The summed E-state index contributed by atoms with van der Waals surface area (Å²) < 4.78 is 4.61. The van der Waals surface area contributed by atoms with E-state index in [1.807, 2.05) is 0 Å². The molecule has 0 fully saturated rings. The zero-order valence-electron chi connectivity index (χ0n) is 13.5. The van der Waals surface area contributed by atoms with Gasteiger partial charge in [0, 0.05) is 18.7 Å². The van der Waals surface area contributed by atoms with Crippen molar-refractivity contribution in [3.63, 3.8) is 0 Å². The predicted molar refractivity (Wildman–Crippen MR) is 91.8 cm³/mol. The van der Waals surface area contributed by atoms with Crippen LogP contribution in [0.4, 0.5) is 5.69 Å². The number of carbonyl (C=O) groups excluding carboxylic acids is 2. The molecule has 0 saturated heterocycles. The lowest BCUT2D eigenvalue weighted by molar-refractivity contribution is -0.385. The third kappa shape index (κ3) is 5.00. The summed E-state index contributed by atoms with van der Waals surface area (Å²) in [6, 6.07) is 12.8. The first-order valence-corrected chi connectivity index (χ1v) is 7.38. The van der Waals surface area contributed by atoms with Crippen molar-refractivity contribution in [1.29, 1.82) is 0 Å². The van der Waals surface area contributed by atoms with Crippen LogP contribution in [0.15, 0.2) is 54.6 Å². The van der Waals surface area contributed by atoms with Crippen LogP contribution in [0.1, 0.15) is 21.5 Å². The fourth-order valence-electron chi connectivity index (χ4n) is 2.08. The minimum absolute atomic E-state index is 0.0649. The molecule has 0 bridgehead atoms. The molecule has 0 aliphatic heterocycles. The maximum atomic E-state index is 11.9. The largest absolute Gasteiger partial charge is 0.465 e. The number of para-hydroxylation sites is 1. The standard InChI is InChI=1S/C18H16N2O5/c1-25-18(22)15-8-6-13(7-9-15)12-19-17(21)11-10-14-4-2-3-5-16(14)20(23)24/h2-11H,12H2,1H3,(H,19,21)/b11-10+. The van der Waals surface area contributed by atoms with Crippen LogP contribution in [-0.4, -0.2) is 23.9 Å². The van der Waals surface area contributed by atoms with Crippen molar-refractivity contribution in [2.75, 3.05) is 7.11 Å². The first-order chi connectivity index (χ1) is 12.0. The third-order valence-electron chi connectivity index (χ3n) is 3.39. The Balaban J connectivity index is 1.95. The summed E-state index contributed by atoms with van der Waals surface area (Å²) in [5, 5.41) is 13.6. The van der Waals surface area contributed by atoms with Gasteiger partial charge in [0.15, 0.2) is 0 Å². The zero-order valence-corrected chi connectivity index (χ0v) is 13.5. The Morgan fingerprint density at radius 1 is 1.16 bits per heavy atom. The molecule has 7 nitrogen and oxygen atoms in total. The molecule has 2 aromatic rings. The van der Waals surface area contributed by atoms with Gasteiger partial charge in [0.1, 0.15) is 0 Å². The lowest BCUT2D eigenvalue weighted by Crippen LogP contribution is -2.20. The highest BCUT2D eigenvalue weighted by Crippen LogP contribution is 2.18. The maximum absolute atomic E-state index is 11.9. The van der Waals surface area contributed by atoms with Gasteiger partial charge < -0.3 is 10.1 Å². The van der Waals surface area contributed by atoms with Gasteiger partial charge in [0.05, 0.1) is 23.2 Å². The maximum Gasteiger partial charge on any atom is 0.337 e. The highest BCUT2D eigenvalue weighted by atomic mass is 16.6. The van der Waals surface area contributed by atoms with Crippen LogP contribution >= 0.6 is 0 Å². The number of nitro benzene ring substituents is 1. The van der Waals surface area contributed by atoms with Crippen molar-refractivity contribution in [2.24, 2.45) is 0 Å². The van der Waals surface area contributed by atoms with Crippen LogP contribution in [0.5, 0.6) is 0 Å². The molecule has 2 aromatic carbocycles. The molecule has 128 valence electrons. The molecule has 2 rings (SSSR count). The number of nitrogens with zero attached hydrogens (tertiary/aromatic N) is 1. The van der Waals surface area contributed by atoms with E-state index in [4.69, 9.17) is 0 Å². The van der Waals surface area contributed by atoms with E-state index in [1.165, 1.54) is 25.3 Å². The number of nitro groups is 1. The van der Waals surface area contributed by atoms with Gasteiger partial charge in [-0.15, -0.1) is 0 Å². The Hall–Kier alpha value is -3.48. The molecule has 0 radical (unpaired) electrons. The van der Waals surface area contributed by atoms with Crippen molar-refractivity contribution in [1.82, 2.24) is 5.32 Å². The van der Waals surface area contributed by atoms with E-state index in [2.05, 4.69) is 10.1 Å². The number of carbonyl (C=O) groups is 2. The molecule has 7 heteroatoms. The quantitative estimate of drug-likeness (QED) is 0.377. The molecule has 0 saturated carbocycles. The second-order valence-electron chi connectivity index (χ2n) is 5.06. The molecule has 25 heavy (non-hydrogen) atoms. The number of amides is 1. The van der Waals surface area contributed by atoms with Crippen LogP contribution in [-0.2, 0) is 16.1 Å². The average Bonchev–Trinajstić information content (AvgIpc) is 2.64. The van der Waals surface area contributed by atoms with Crippen molar-refractivity contribution in [3.05, 3.63) is 81.4 Å². The molecule has 0 heterocycles. The second kappa shape index (κ2) is 8.39. The van der Waals surface area contributed by atoms with Gasteiger partial charge in [0.2, 0.25) is 5.91 Å². The normalized spacial score (nSPS) is 10.4. The summed E-state index contributed by atoms with van der Waals surface area (Å²) in [5.74, 6) is -0.807. The summed E-state index contributed by atoms with van der Waals surface area (Å²) in [4.78, 5) is 33.6. The number of nitrogens with one attached hydrogen (secondary N) is 1. The predicted octanol–water partition coefficient (Wildman–Crippen LogP) is 2.71. The van der Waals surface area contributed by atoms with E-state index in [9.17, 15) is 19.7 Å². The van der Waals surface area contributed by atoms with E-state index < -0.39 is 10.9 Å².